The molecule has 0 unspecified atom stereocenters. The first-order chi connectivity index (χ1) is 9.58. The fourth-order valence-corrected chi connectivity index (χ4v) is 2.86. The molecule has 0 saturated heterocycles. The minimum Gasteiger partial charge on any atom is -0.345 e. The predicted molar refractivity (Wildman–Crippen MR) is 86.1 cm³/mol. The Morgan fingerprint density at radius 2 is 1.55 bits per heavy atom. The maximum Gasteiger partial charge on any atom is 0.0483 e. The highest BCUT2D eigenvalue weighted by Crippen LogP contribution is 2.28. The second-order valence-corrected chi connectivity index (χ2v) is 5.98. The van der Waals surface area contributed by atoms with Gasteiger partial charge in [0.15, 0.2) is 0 Å². The van der Waals surface area contributed by atoms with Crippen LogP contribution in [0, 0.1) is 0 Å². The Morgan fingerprint density at radius 3 is 2.25 bits per heavy atom. The molecule has 2 heteroatoms. The van der Waals surface area contributed by atoms with Crippen LogP contribution in [0.25, 0.3) is 22.2 Å². The smallest absolute Gasteiger partial charge is 0.0483 e. The SMILES string of the molecule is CC(C)n1cccc1-c1ccc2c(ccn2C(C)C)c1. The quantitative estimate of drug-likeness (QED) is 0.611. The zero-order valence-corrected chi connectivity index (χ0v) is 12.7. The van der Waals surface area contributed by atoms with Crippen LogP contribution in [0.2, 0.25) is 0 Å². The van der Waals surface area contributed by atoms with Gasteiger partial charge in [0, 0.05) is 41.1 Å². The Labute approximate surface area is 120 Å². The number of nitrogens with zero attached hydrogens (tertiary/aromatic N) is 2. The number of fused-ring (bicyclic) bond motifs is 1. The molecular formula is C18H22N2. The summed E-state index contributed by atoms with van der Waals surface area (Å²) in [5, 5.41) is 1.31. The van der Waals surface area contributed by atoms with E-state index < -0.39 is 0 Å². The molecule has 0 aliphatic rings. The van der Waals surface area contributed by atoms with Gasteiger partial charge in [0.25, 0.3) is 0 Å². The summed E-state index contributed by atoms with van der Waals surface area (Å²) < 4.78 is 4.64. The van der Waals surface area contributed by atoms with E-state index in [1.165, 1.54) is 22.2 Å². The fraction of sp³-hybridized carbons (Fsp3) is 0.333. The fourth-order valence-electron chi connectivity index (χ4n) is 2.86. The van der Waals surface area contributed by atoms with Crippen LogP contribution in [0.5, 0.6) is 0 Å². The minimum absolute atomic E-state index is 0.482. The average molecular weight is 266 g/mol. The van der Waals surface area contributed by atoms with E-state index in [0.717, 1.165) is 0 Å². The molecule has 2 aromatic heterocycles. The van der Waals surface area contributed by atoms with Gasteiger partial charge in [0.05, 0.1) is 0 Å². The number of hydrogen-bond acceptors (Lipinski definition) is 0. The summed E-state index contributed by atoms with van der Waals surface area (Å²) in [5.41, 5.74) is 3.89. The maximum absolute atomic E-state index is 2.32. The van der Waals surface area contributed by atoms with E-state index in [0.29, 0.717) is 12.1 Å². The lowest BCUT2D eigenvalue weighted by Gasteiger charge is -2.14. The van der Waals surface area contributed by atoms with Gasteiger partial charge in [-0.25, -0.2) is 0 Å². The summed E-state index contributed by atoms with van der Waals surface area (Å²) in [5.74, 6) is 0. The van der Waals surface area contributed by atoms with Gasteiger partial charge in [-0.3, -0.25) is 0 Å². The highest BCUT2D eigenvalue weighted by molar-refractivity contribution is 5.85. The number of rotatable bonds is 3. The first-order valence-electron chi connectivity index (χ1n) is 7.35. The van der Waals surface area contributed by atoms with Crippen molar-refractivity contribution in [1.29, 1.82) is 0 Å². The Kier molecular flexibility index (Phi) is 3.17. The number of hydrogen-bond donors (Lipinski definition) is 0. The molecule has 0 bridgehead atoms. The van der Waals surface area contributed by atoms with Crippen LogP contribution in [-0.4, -0.2) is 9.13 Å². The molecule has 0 N–H and O–H groups in total. The van der Waals surface area contributed by atoms with Crippen molar-refractivity contribution in [2.75, 3.05) is 0 Å². The molecule has 0 saturated carbocycles. The standard InChI is InChI=1S/C18H22N2/c1-13(2)19-10-5-6-17(19)15-7-8-18-16(12-15)9-11-20(18)14(3)4/h5-14H,1-4H3. The van der Waals surface area contributed by atoms with Crippen LogP contribution < -0.4 is 0 Å². The largest absolute Gasteiger partial charge is 0.345 e. The summed E-state index contributed by atoms with van der Waals surface area (Å²) in [6, 6.07) is 14.3. The number of aromatic nitrogens is 2. The molecule has 2 nitrogen and oxygen atoms in total. The van der Waals surface area contributed by atoms with Crippen molar-refractivity contribution in [3.05, 3.63) is 48.8 Å². The first kappa shape index (κ1) is 13.0. The molecule has 0 amide bonds. The van der Waals surface area contributed by atoms with Crippen molar-refractivity contribution in [3.63, 3.8) is 0 Å². The zero-order valence-electron chi connectivity index (χ0n) is 12.7. The van der Waals surface area contributed by atoms with Crippen molar-refractivity contribution >= 4 is 10.9 Å². The van der Waals surface area contributed by atoms with Crippen LogP contribution >= 0.6 is 0 Å². The lowest BCUT2D eigenvalue weighted by atomic mass is 10.1. The third-order valence-electron chi connectivity index (χ3n) is 3.91. The summed E-state index contributed by atoms with van der Waals surface area (Å²) in [4.78, 5) is 0. The maximum atomic E-state index is 2.32. The van der Waals surface area contributed by atoms with Gasteiger partial charge in [0.2, 0.25) is 0 Å². The third-order valence-corrected chi connectivity index (χ3v) is 3.91. The second-order valence-electron chi connectivity index (χ2n) is 5.98. The topological polar surface area (TPSA) is 9.86 Å². The summed E-state index contributed by atoms with van der Waals surface area (Å²) in [7, 11) is 0. The van der Waals surface area contributed by atoms with Gasteiger partial charge in [-0.15, -0.1) is 0 Å². The molecule has 3 aromatic rings. The number of benzene rings is 1. The molecule has 0 atom stereocenters. The Morgan fingerprint density at radius 1 is 0.800 bits per heavy atom. The van der Waals surface area contributed by atoms with E-state index in [1.54, 1.807) is 0 Å². The zero-order chi connectivity index (χ0) is 14.3. The van der Waals surface area contributed by atoms with E-state index >= 15 is 0 Å². The molecule has 0 aliphatic carbocycles. The van der Waals surface area contributed by atoms with E-state index in [1.807, 2.05) is 0 Å². The van der Waals surface area contributed by atoms with Crippen molar-refractivity contribution in [3.8, 4) is 11.3 Å². The van der Waals surface area contributed by atoms with Gasteiger partial charge in [-0.1, -0.05) is 6.07 Å². The lowest BCUT2D eigenvalue weighted by Crippen LogP contribution is -2.01. The van der Waals surface area contributed by atoms with Gasteiger partial charge < -0.3 is 9.13 Å². The summed E-state index contributed by atoms with van der Waals surface area (Å²) in [6.45, 7) is 8.88. The highest BCUT2D eigenvalue weighted by atomic mass is 15.0. The molecule has 104 valence electrons. The Bertz CT molecular complexity index is 729. The van der Waals surface area contributed by atoms with Gasteiger partial charge in [-0.05, 0) is 63.6 Å². The van der Waals surface area contributed by atoms with Crippen molar-refractivity contribution in [2.45, 2.75) is 39.8 Å². The van der Waals surface area contributed by atoms with Gasteiger partial charge >= 0.3 is 0 Å². The summed E-state index contributed by atoms with van der Waals surface area (Å²) >= 11 is 0. The summed E-state index contributed by atoms with van der Waals surface area (Å²) in [6.07, 6.45) is 4.34. The van der Waals surface area contributed by atoms with E-state index in [2.05, 4.69) is 85.6 Å². The molecule has 1 aromatic carbocycles. The Balaban J connectivity index is 2.12. The van der Waals surface area contributed by atoms with Crippen molar-refractivity contribution in [1.82, 2.24) is 9.13 Å². The van der Waals surface area contributed by atoms with Crippen molar-refractivity contribution in [2.24, 2.45) is 0 Å². The van der Waals surface area contributed by atoms with Crippen molar-refractivity contribution < 1.29 is 0 Å². The Hall–Kier alpha value is -1.96. The first-order valence-corrected chi connectivity index (χ1v) is 7.35. The molecule has 0 radical (unpaired) electrons. The highest BCUT2D eigenvalue weighted by Gasteiger charge is 2.09. The van der Waals surface area contributed by atoms with Crippen LogP contribution in [0.3, 0.4) is 0 Å². The van der Waals surface area contributed by atoms with Crippen LogP contribution in [-0.2, 0) is 0 Å². The lowest BCUT2D eigenvalue weighted by molar-refractivity contribution is 0.610. The van der Waals surface area contributed by atoms with Crippen LogP contribution in [0.15, 0.2) is 48.8 Å². The second kappa shape index (κ2) is 4.86. The molecule has 0 fully saturated rings. The molecule has 3 rings (SSSR count). The van der Waals surface area contributed by atoms with E-state index in [9.17, 15) is 0 Å². The van der Waals surface area contributed by atoms with Crippen LogP contribution in [0.1, 0.15) is 39.8 Å². The molecule has 0 spiro atoms. The monoisotopic (exact) mass is 266 g/mol. The predicted octanol–water partition coefficient (Wildman–Crippen LogP) is 5.27. The van der Waals surface area contributed by atoms with Crippen LogP contribution in [0.4, 0.5) is 0 Å². The van der Waals surface area contributed by atoms with Gasteiger partial charge in [-0.2, -0.15) is 0 Å². The third kappa shape index (κ3) is 2.05. The molecule has 0 aliphatic heterocycles. The van der Waals surface area contributed by atoms with E-state index in [-0.39, 0.29) is 0 Å². The van der Waals surface area contributed by atoms with E-state index in [4.69, 9.17) is 0 Å². The molecule has 20 heavy (non-hydrogen) atoms. The normalized spacial score (nSPS) is 11.9. The van der Waals surface area contributed by atoms with Gasteiger partial charge in [0.1, 0.15) is 0 Å². The molecular weight excluding hydrogens is 244 g/mol. The molecule has 2 heterocycles. The minimum atomic E-state index is 0.482. The average Bonchev–Trinajstić information content (AvgIpc) is 3.04.